The van der Waals surface area contributed by atoms with Crippen LogP contribution in [0, 0.1) is 37.6 Å². The molecule has 1 radical (unpaired) electrons. The first kappa shape index (κ1) is 25.5. The van der Waals surface area contributed by atoms with Crippen LogP contribution in [0.4, 0.5) is 4.39 Å². The number of hydrogen-bond acceptors (Lipinski definition) is 4. The Morgan fingerprint density at radius 2 is 1.74 bits per heavy atom. The van der Waals surface area contributed by atoms with E-state index in [1.807, 2.05) is 24.3 Å². The van der Waals surface area contributed by atoms with Crippen LogP contribution >= 0.6 is 11.3 Å². The Balaban J connectivity index is 0.000000229. The summed E-state index contributed by atoms with van der Waals surface area (Å²) in [6, 6.07) is 24.6. The molecule has 223 valence electrons. The van der Waals surface area contributed by atoms with Crippen LogP contribution in [0.3, 0.4) is 0 Å². The van der Waals surface area contributed by atoms with E-state index in [0.29, 0.717) is 16.3 Å². The molecular weight excluding hydrogens is 790 g/mol. The third-order valence-corrected chi connectivity index (χ3v) is 12.3. The van der Waals surface area contributed by atoms with Gasteiger partial charge in [0.1, 0.15) is 10.6 Å². The second-order valence-electron chi connectivity index (χ2n) is 11.6. The van der Waals surface area contributed by atoms with Crippen molar-refractivity contribution in [2.75, 3.05) is 0 Å². The zero-order chi connectivity index (χ0) is 35.0. The van der Waals surface area contributed by atoms with Crippen molar-refractivity contribution in [3.05, 3.63) is 108 Å². The van der Waals surface area contributed by atoms with Crippen LogP contribution in [0.2, 0.25) is 17.3 Å². The molecule has 0 saturated heterocycles. The van der Waals surface area contributed by atoms with Crippen molar-refractivity contribution in [3.8, 4) is 22.5 Å². The molecule has 0 saturated carbocycles. The molecule has 0 spiro atoms. The van der Waals surface area contributed by atoms with Crippen LogP contribution in [-0.4, -0.2) is 28.2 Å². The molecule has 2 aromatic carbocycles. The molecule has 6 aromatic rings. The van der Waals surface area contributed by atoms with Gasteiger partial charge < -0.3 is 4.98 Å². The van der Waals surface area contributed by atoms with E-state index in [0.717, 1.165) is 39.3 Å². The van der Waals surface area contributed by atoms with E-state index in [1.165, 1.54) is 29.0 Å². The van der Waals surface area contributed by atoms with Gasteiger partial charge in [-0.2, -0.15) is 11.3 Å². The van der Waals surface area contributed by atoms with Gasteiger partial charge in [0.25, 0.3) is 0 Å². The molecule has 0 aliphatic carbocycles. The topological polar surface area (TPSA) is 38.7 Å². The van der Waals surface area contributed by atoms with Gasteiger partial charge in [-0.25, -0.2) is 9.37 Å². The molecule has 0 atom stereocenters. The van der Waals surface area contributed by atoms with Crippen molar-refractivity contribution in [1.82, 2.24) is 15.0 Å². The van der Waals surface area contributed by atoms with Crippen molar-refractivity contribution in [2.45, 2.75) is 51.2 Å². The molecule has 0 N–H and O–H groups in total. The molecule has 4 aromatic heterocycles. The smallest absolute Gasteiger partial charge is 0.142 e. The van der Waals surface area contributed by atoms with Gasteiger partial charge >= 0.3 is 126 Å². The van der Waals surface area contributed by atoms with Crippen molar-refractivity contribution in [2.24, 2.45) is 5.92 Å². The molecule has 4 heterocycles. The summed E-state index contributed by atoms with van der Waals surface area (Å²) < 4.78 is 61.3. The monoisotopic (exact) mass is 834 g/mol. The fraction of sp³-hybridized carbons (Fsp3) is 0.250. The Labute approximate surface area is 283 Å². The standard InChI is InChI=1S/C18H12FN2S.C18H24GeN.Ir/c1-10-8-16(20-9-15(10)19)14-5-3-4-12-13-7-6-11(2)21-18(13)22-17(12)14;1-14(2)11-16-12-18(15-9-7-6-8-10-15)20-13-17(16)19(3,4)5;/h3-4,6-9H,1-2H3;6-9,12-14H,11H2,1-5H3;/q2*-1;/i1D3,2D3;;. The van der Waals surface area contributed by atoms with Gasteiger partial charge in [0.15, 0.2) is 0 Å². The number of nitrogens with zero attached hydrogens (tertiary/aromatic N) is 3. The van der Waals surface area contributed by atoms with Crippen molar-refractivity contribution in [3.63, 3.8) is 0 Å². The molecule has 7 heteroatoms. The molecule has 0 aliphatic heterocycles. The Kier molecular flexibility index (Phi) is 8.26. The number of halogens is 1. The second kappa shape index (κ2) is 13.9. The first-order valence-electron chi connectivity index (χ1n) is 16.8. The molecular formula is C36H36FGeIrN3S-2. The summed E-state index contributed by atoms with van der Waals surface area (Å²) in [5.41, 5.74) is 4.02. The predicted molar refractivity (Wildman–Crippen MR) is 179 cm³/mol. The average Bonchev–Trinajstić information content (AvgIpc) is 3.39. The van der Waals surface area contributed by atoms with E-state index in [2.05, 4.69) is 71.5 Å². The van der Waals surface area contributed by atoms with Crippen LogP contribution in [0.25, 0.3) is 42.8 Å². The average molecular weight is 833 g/mol. The number of fused-ring (bicyclic) bond motifs is 3. The third-order valence-electron chi connectivity index (χ3n) is 6.82. The van der Waals surface area contributed by atoms with Gasteiger partial charge in [-0.1, -0.05) is 17.5 Å². The van der Waals surface area contributed by atoms with Crippen LogP contribution in [-0.2, 0) is 26.5 Å². The maximum absolute atomic E-state index is 13.9. The zero-order valence-corrected chi connectivity index (χ0v) is 30.0. The van der Waals surface area contributed by atoms with E-state index in [9.17, 15) is 4.39 Å². The summed E-state index contributed by atoms with van der Waals surface area (Å²) in [6.45, 7) is -0.346. The summed E-state index contributed by atoms with van der Waals surface area (Å²) in [6.07, 6.45) is 4.16. The fourth-order valence-corrected chi connectivity index (χ4v) is 9.38. The van der Waals surface area contributed by atoms with Gasteiger partial charge in [-0.15, -0.1) is 23.8 Å². The first-order chi connectivity index (χ1) is 22.4. The Morgan fingerprint density at radius 3 is 2.44 bits per heavy atom. The minimum Gasteiger partial charge on any atom is -0.302 e. The SMILES string of the molecule is CC(C)Cc1cc(-c2[c-]cccc2)nc[c]1[Ge]([CH3])([CH3])[CH3].[2H]C([2H])([2H])c1ccc2c(n1)sc1c(-c3cc(C([2H])([2H])[2H])c(F)cn3)[c-]ccc12.[Ir]. The van der Waals surface area contributed by atoms with E-state index in [4.69, 9.17) is 13.2 Å². The van der Waals surface area contributed by atoms with Gasteiger partial charge in [0.05, 0.1) is 6.20 Å². The number of hydrogen-bond donors (Lipinski definition) is 0. The summed E-state index contributed by atoms with van der Waals surface area (Å²) >= 11 is -0.594. The van der Waals surface area contributed by atoms with E-state index in [-0.39, 0.29) is 31.5 Å². The molecule has 6 rings (SSSR count). The summed E-state index contributed by atoms with van der Waals surface area (Å²) in [5, 5.41) is 1.60. The van der Waals surface area contributed by atoms with Gasteiger partial charge in [0.2, 0.25) is 0 Å². The number of benzene rings is 2. The molecule has 0 unspecified atom stereocenters. The summed E-state index contributed by atoms with van der Waals surface area (Å²) in [7, 11) is 0. The quantitative estimate of drug-likeness (QED) is 0.129. The van der Waals surface area contributed by atoms with Gasteiger partial charge in [-0.3, -0.25) is 0 Å². The fourth-order valence-electron chi connectivity index (χ4n) is 4.87. The zero-order valence-electron chi connectivity index (χ0n) is 30.7. The third kappa shape index (κ3) is 7.67. The molecule has 0 fully saturated rings. The number of aryl methyl sites for hydroxylation is 2. The number of pyridine rings is 3. The van der Waals surface area contributed by atoms with Crippen LogP contribution in [0.5, 0.6) is 0 Å². The largest absolute Gasteiger partial charge is 0.302 e. The van der Waals surface area contributed by atoms with E-state index >= 15 is 0 Å². The maximum atomic E-state index is 13.9. The maximum Gasteiger partial charge on any atom is 0.142 e. The number of rotatable bonds is 5. The molecule has 0 amide bonds. The van der Waals surface area contributed by atoms with Crippen molar-refractivity contribution in [1.29, 1.82) is 0 Å². The summed E-state index contributed by atoms with van der Waals surface area (Å²) in [4.78, 5) is 13.5. The second-order valence-corrected chi connectivity index (χ2v) is 23.2. The summed E-state index contributed by atoms with van der Waals surface area (Å²) in [5.74, 6) is 7.10. The first-order valence-corrected chi connectivity index (χ1v) is 22.0. The number of aromatic nitrogens is 3. The van der Waals surface area contributed by atoms with Crippen LogP contribution in [0.1, 0.15) is 38.9 Å². The Morgan fingerprint density at radius 1 is 0.930 bits per heavy atom. The minimum absolute atomic E-state index is 0. The van der Waals surface area contributed by atoms with Crippen LogP contribution in [0.15, 0.2) is 73.1 Å². The van der Waals surface area contributed by atoms with Crippen molar-refractivity contribution >= 4 is 49.3 Å². The molecule has 0 aliphatic rings. The molecule has 3 nitrogen and oxygen atoms in total. The van der Waals surface area contributed by atoms with Crippen molar-refractivity contribution < 1.29 is 32.7 Å². The Bertz CT molecular complexity index is 2080. The molecule has 0 bridgehead atoms. The minimum atomic E-state index is -2.61. The predicted octanol–water partition coefficient (Wildman–Crippen LogP) is 9.36. The van der Waals surface area contributed by atoms with Gasteiger partial charge in [-0.05, 0) is 41.1 Å². The normalized spacial score (nSPS) is 14.0. The van der Waals surface area contributed by atoms with Gasteiger partial charge in [0, 0.05) is 34.0 Å². The van der Waals surface area contributed by atoms with Crippen LogP contribution < -0.4 is 4.40 Å². The van der Waals surface area contributed by atoms with E-state index < -0.39 is 38.4 Å². The number of thiophene rings is 1. The van der Waals surface area contributed by atoms with E-state index in [1.54, 1.807) is 16.5 Å². The molecule has 43 heavy (non-hydrogen) atoms. The Hall–Kier alpha value is -2.77.